The van der Waals surface area contributed by atoms with Crippen molar-refractivity contribution >= 4 is 5.91 Å². The number of benzene rings is 1. The number of aromatic hydroxyl groups is 2. The zero-order chi connectivity index (χ0) is 13.1. The molecule has 0 aliphatic carbocycles. The minimum absolute atomic E-state index is 0.0231. The van der Waals surface area contributed by atoms with E-state index in [4.69, 9.17) is 5.11 Å². The van der Waals surface area contributed by atoms with Crippen molar-refractivity contribution in [2.75, 3.05) is 0 Å². The van der Waals surface area contributed by atoms with Crippen LogP contribution in [0.3, 0.4) is 0 Å². The number of carbonyl (C=O) groups is 1. The summed E-state index contributed by atoms with van der Waals surface area (Å²) in [7, 11) is 0. The third-order valence-corrected chi connectivity index (χ3v) is 2.19. The summed E-state index contributed by atoms with van der Waals surface area (Å²) >= 11 is 0. The van der Waals surface area contributed by atoms with Crippen molar-refractivity contribution in [1.29, 1.82) is 0 Å². The van der Waals surface area contributed by atoms with E-state index < -0.39 is 0 Å². The van der Waals surface area contributed by atoms with Crippen LogP contribution in [0.1, 0.15) is 32.8 Å². The van der Waals surface area contributed by atoms with Gasteiger partial charge in [-0.2, -0.15) is 0 Å². The Hall–Kier alpha value is -1.71. The maximum atomic E-state index is 11.6. The first-order valence-electron chi connectivity index (χ1n) is 5.60. The zero-order valence-electron chi connectivity index (χ0n) is 10.4. The van der Waals surface area contributed by atoms with Crippen LogP contribution >= 0.6 is 0 Å². The minimum Gasteiger partial charge on any atom is -0.504 e. The van der Waals surface area contributed by atoms with Crippen LogP contribution in [-0.4, -0.2) is 21.7 Å². The molecular weight excluding hydrogens is 218 g/mol. The van der Waals surface area contributed by atoms with E-state index in [-0.39, 0.29) is 22.9 Å². The minimum atomic E-state index is -0.228. The summed E-state index contributed by atoms with van der Waals surface area (Å²) in [6.07, 6.45) is 0.900. The van der Waals surface area contributed by atoms with Gasteiger partial charge in [0.2, 0.25) is 5.91 Å². The van der Waals surface area contributed by atoms with E-state index in [1.54, 1.807) is 6.07 Å². The van der Waals surface area contributed by atoms with E-state index in [9.17, 15) is 9.90 Å². The van der Waals surface area contributed by atoms with E-state index in [2.05, 4.69) is 5.32 Å². The number of phenols is 2. The maximum Gasteiger partial charge on any atom is 0.220 e. The standard InChI is InChI=1S/C13H19NO3/c1-13(2,3)14-12(17)7-5-9-4-6-10(15)11(16)8-9/h4,6,8,15-16H,5,7H2,1-3H3,(H,14,17). The average Bonchev–Trinajstić information content (AvgIpc) is 2.17. The normalized spacial score (nSPS) is 11.2. The topological polar surface area (TPSA) is 69.6 Å². The fourth-order valence-corrected chi connectivity index (χ4v) is 1.46. The Morgan fingerprint density at radius 2 is 1.88 bits per heavy atom. The zero-order valence-corrected chi connectivity index (χ0v) is 10.4. The molecule has 94 valence electrons. The average molecular weight is 237 g/mol. The van der Waals surface area contributed by atoms with Crippen LogP contribution in [0, 0.1) is 0 Å². The van der Waals surface area contributed by atoms with Crippen molar-refractivity contribution < 1.29 is 15.0 Å². The van der Waals surface area contributed by atoms with Gasteiger partial charge in [-0.3, -0.25) is 4.79 Å². The highest BCUT2D eigenvalue weighted by Crippen LogP contribution is 2.25. The van der Waals surface area contributed by atoms with E-state index in [1.165, 1.54) is 12.1 Å². The molecule has 4 heteroatoms. The maximum absolute atomic E-state index is 11.6. The van der Waals surface area contributed by atoms with Crippen LogP contribution in [0.2, 0.25) is 0 Å². The Morgan fingerprint density at radius 1 is 1.24 bits per heavy atom. The third-order valence-electron chi connectivity index (χ3n) is 2.19. The molecular formula is C13H19NO3. The smallest absolute Gasteiger partial charge is 0.220 e. The largest absolute Gasteiger partial charge is 0.504 e. The molecule has 0 unspecified atom stereocenters. The number of nitrogens with one attached hydrogen (secondary N) is 1. The van der Waals surface area contributed by atoms with E-state index in [1.807, 2.05) is 20.8 Å². The molecule has 0 saturated heterocycles. The fourth-order valence-electron chi connectivity index (χ4n) is 1.46. The van der Waals surface area contributed by atoms with Crippen molar-refractivity contribution in [2.24, 2.45) is 0 Å². The lowest BCUT2D eigenvalue weighted by atomic mass is 10.1. The summed E-state index contributed by atoms with van der Waals surface area (Å²) in [6.45, 7) is 5.78. The SMILES string of the molecule is CC(C)(C)NC(=O)CCc1ccc(O)c(O)c1. The first kappa shape index (κ1) is 13.4. The van der Waals surface area contributed by atoms with Gasteiger partial charge in [0.25, 0.3) is 0 Å². The predicted molar refractivity (Wildman–Crippen MR) is 66.0 cm³/mol. The molecule has 0 atom stereocenters. The molecule has 0 bridgehead atoms. The third kappa shape index (κ3) is 4.76. The lowest BCUT2D eigenvalue weighted by Gasteiger charge is -2.20. The summed E-state index contributed by atoms with van der Waals surface area (Å²) in [5.41, 5.74) is 0.595. The molecule has 0 aliphatic rings. The summed E-state index contributed by atoms with van der Waals surface area (Å²) in [5.74, 6) is -0.323. The molecule has 0 aromatic heterocycles. The highest BCUT2D eigenvalue weighted by molar-refractivity contribution is 5.76. The number of hydrogen-bond acceptors (Lipinski definition) is 3. The Bertz CT molecular complexity index is 408. The first-order chi connectivity index (χ1) is 7.78. The van der Waals surface area contributed by atoms with Crippen molar-refractivity contribution in [1.82, 2.24) is 5.32 Å². The molecule has 3 N–H and O–H groups in total. The van der Waals surface area contributed by atoms with Crippen molar-refractivity contribution in [3.63, 3.8) is 0 Å². The van der Waals surface area contributed by atoms with Crippen LogP contribution in [-0.2, 0) is 11.2 Å². The van der Waals surface area contributed by atoms with Gasteiger partial charge in [-0.1, -0.05) is 6.07 Å². The Labute approximate surface area is 101 Å². The Kier molecular flexibility index (Phi) is 3.99. The van der Waals surface area contributed by atoms with Crippen LogP contribution in [0.25, 0.3) is 0 Å². The molecule has 17 heavy (non-hydrogen) atoms. The molecule has 0 aliphatic heterocycles. The molecule has 0 spiro atoms. The summed E-state index contributed by atoms with van der Waals surface area (Å²) in [4.78, 5) is 11.6. The Balaban J connectivity index is 2.50. The van der Waals surface area contributed by atoms with Gasteiger partial charge >= 0.3 is 0 Å². The van der Waals surface area contributed by atoms with Crippen LogP contribution < -0.4 is 5.32 Å². The Morgan fingerprint density at radius 3 is 2.41 bits per heavy atom. The number of amides is 1. The van der Waals surface area contributed by atoms with Gasteiger partial charge in [0.1, 0.15) is 0 Å². The van der Waals surface area contributed by atoms with Gasteiger partial charge < -0.3 is 15.5 Å². The second-order valence-corrected chi connectivity index (χ2v) is 5.12. The van der Waals surface area contributed by atoms with Crippen molar-refractivity contribution in [3.8, 4) is 11.5 Å². The number of carbonyl (C=O) groups excluding carboxylic acids is 1. The fraction of sp³-hybridized carbons (Fsp3) is 0.462. The summed E-state index contributed by atoms with van der Waals surface area (Å²) in [6, 6.07) is 4.59. The van der Waals surface area contributed by atoms with Crippen LogP contribution in [0.4, 0.5) is 0 Å². The van der Waals surface area contributed by atoms with Crippen LogP contribution in [0.5, 0.6) is 11.5 Å². The van der Waals surface area contributed by atoms with Crippen molar-refractivity contribution in [3.05, 3.63) is 23.8 Å². The molecule has 0 heterocycles. The van der Waals surface area contributed by atoms with E-state index in [0.29, 0.717) is 12.8 Å². The van der Waals surface area contributed by atoms with Crippen molar-refractivity contribution in [2.45, 2.75) is 39.2 Å². The van der Waals surface area contributed by atoms with Crippen LogP contribution in [0.15, 0.2) is 18.2 Å². The number of phenolic OH excluding ortho intramolecular Hbond substituents is 2. The predicted octanol–water partition coefficient (Wildman–Crippen LogP) is 1.95. The molecule has 1 amide bonds. The van der Waals surface area contributed by atoms with Gasteiger partial charge in [-0.25, -0.2) is 0 Å². The lowest BCUT2D eigenvalue weighted by molar-refractivity contribution is -0.122. The molecule has 1 rings (SSSR count). The first-order valence-corrected chi connectivity index (χ1v) is 5.60. The molecule has 0 radical (unpaired) electrons. The number of aryl methyl sites for hydroxylation is 1. The molecule has 4 nitrogen and oxygen atoms in total. The highest BCUT2D eigenvalue weighted by atomic mass is 16.3. The molecule has 0 saturated carbocycles. The second kappa shape index (κ2) is 5.08. The van der Waals surface area contributed by atoms with Gasteiger partial charge in [0, 0.05) is 12.0 Å². The molecule has 0 fully saturated rings. The quantitative estimate of drug-likeness (QED) is 0.704. The van der Waals surface area contributed by atoms with E-state index in [0.717, 1.165) is 5.56 Å². The molecule has 1 aromatic carbocycles. The highest BCUT2D eigenvalue weighted by Gasteiger charge is 2.13. The van der Waals surface area contributed by atoms with Gasteiger partial charge in [0.05, 0.1) is 0 Å². The van der Waals surface area contributed by atoms with Gasteiger partial charge in [-0.05, 0) is 44.9 Å². The van der Waals surface area contributed by atoms with Gasteiger partial charge in [-0.15, -0.1) is 0 Å². The second-order valence-electron chi connectivity index (χ2n) is 5.12. The number of hydrogen-bond donors (Lipinski definition) is 3. The summed E-state index contributed by atoms with van der Waals surface area (Å²) < 4.78 is 0. The van der Waals surface area contributed by atoms with Gasteiger partial charge in [0.15, 0.2) is 11.5 Å². The molecule has 1 aromatic rings. The monoisotopic (exact) mass is 237 g/mol. The lowest BCUT2D eigenvalue weighted by Crippen LogP contribution is -2.40. The van der Waals surface area contributed by atoms with E-state index >= 15 is 0 Å². The number of rotatable bonds is 3. The summed E-state index contributed by atoms with van der Waals surface area (Å²) in [5, 5.41) is 21.3.